The van der Waals surface area contributed by atoms with Gasteiger partial charge in [0, 0.05) is 21.0 Å². The second kappa shape index (κ2) is 11.2. The van der Waals surface area contributed by atoms with Crippen LogP contribution in [0.25, 0.3) is 0 Å². The minimum Gasteiger partial charge on any atom is -0.392 e. The summed E-state index contributed by atoms with van der Waals surface area (Å²) in [6.07, 6.45) is 6.00. The zero-order valence-corrected chi connectivity index (χ0v) is 17.2. The Balaban J connectivity index is 3.46. The third-order valence-electron chi connectivity index (χ3n) is 3.24. The normalized spacial score (nSPS) is 15.8. The molecule has 0 aliphatic heterocycles. The second-order valence-electron chi connectivity index (χ2n) is 8.15. The van der Waals surface area contributed by atoms with Crippen LogP contribution in [0.4, 0.5) is 0 Å². The zero-order chi connectivity index (χ0) is 17.2. The van der Waals surface area contributed by atoms with Gasteiger partial charge in [-0.25, -0.2) is 0 Å². The van der Waals surface area contributed by atoms with E-state index in [4.69, 9.17) is 0 Å². The van der Waals surface area contributed by atoms with E-state index in [0.717, 1.165) is 50.0 Å². The minimum absolute atomic E-state index is 0.169. The zero-order valence-electron chi connectivity index (χ0n) is 15.5. The fourth-order valence-corrected chi connectivity index (χ4v) is 3.69. The molecule has 2 atom stereocenters. The van der Waals surface area contributed by atoms with Gasteiger partial charge in [-0.2, -0.15) is 23.5 Å². The van der Waals surface area contributed by atoms with Crippen LogP contribution in [0.5, 0.6) is 0 Å². The molecule has 4 heteroatoms. The summed E-state index contributed by atoms with van der Waals surface area (Å²) in [5.41, 5.74) is 0. The van der Waals surface area contributed by atoms with E-state index in [1.54, 1.807) is 0 Å². The molecular formula is C18H38O2S2. The van der Waals surface area contributed by atoms with Crippen LogP contribution in [0, 0.1) is 0 Å². The smallest absolute Gasteiger partial charge is 0.0630 e. The van der Waals surface area contributed by atoms with Gasteiger partial charge in [-0.05, 0) is 12.8 Å². The number of aliphatic hydroxyl groups excluding tert-OH is 2. The van der Waals surface area contributed by atoms with Gasteiger partial charge in [0.15, 0.2) is 0 Å². The van der Waals surface area contributed by atoms with Crippen LogP contribution in [-0.2, 0) is 0 Å². The van der Waals surface area contributed by atoms with Crippen molar-refractivity contribution in [2.45, 2.75) is 102 Å². The summed E-state index contributed by atoms with van der Waals surface area (Å²) in [7, 11) is 0. The van der Waals surface area contributed by atoms with Crippen molar-refractivity contribution in [2.24, 2.45) is 0 Å². The summed E-state index contributed by atoms with van der Waals surface area (Å²) < 4.78 is 0.477. The van der Waals surface area contributed by atoms with Gasteiger partial charge in [0.1, 0.15) is 0 Å². The Morgan fingerprint density at radius 3 is 1.23 bits per heavy atom. The first-order valence-corrected chi connectivity index (χ1v) is 10.6. The van der Waals surface area contributed by atoms with Gasteiger partial charge < -0.3 is 10.2 Å². The van der Waals surface area contributed by atoms with Crippen molar-refractivity contribution < 1.29 is 10.2 Å². The van der Waals surface area contributed by atoms with E-state index in [1.165, 1.54) is 0 Å². The molecule has 0 heterocycles. The maximum Gasteiger partial charge on any atom is 0.0630 e. The van der Waals surface area contributed by atoms with Crippen molar-refractivity contribution in [3.63, 3.8) is 0 Å². The Morgan fingerprint density at radius 2 is 0.955 bits per heavy atom. The molecular weight excluding hydrogens is 312 g/mol. The third-order valence-corrected chi connectivity index (χ3v) is 6.08. The highest BCUT2D eigenvalue weighted by Gasteiger charge is 2.15. The monoisotopic (exact) mass is 350 g/mol. The van der Waals surface area contributed by atoms with Crippen molar-refractivity contribution in [3.8, 4) is 0 Å². The van der Waals surface area contributed by atoms with Crippen molar-refractivity contribution in [1.82, 2.24) is 0 Å². The molecule has 0 fully saturated rings. The first-order chi connectivity index (χ1) is 9.99. The van der Waals surface area contributed by atoms with E-state index in [9.17, 15) is 10.2 Å². The second-order valence-corrected chi connectivity index (χ2v) is 11.8. The third kappa shape index (κ3) is 17.0. The van der Waals surface area contributed by atoms with Crippen LogP contribution >= 0.6 is 23.5 Å². The molecule has 0 bridgehead atoms. The summed E-state index contributed by atoms with van der Waals surface area (Å²) >= 11 is 3.67. The summed E-state index contributed by atoms with van der Waals surface area (Å²) in [5.74, 6) is 1.68. The van der Waals surface area contributed by atoms with E-state index in [2.05, 4.69) is 41.5 Å². The van der Waals surface area contributed by atoms with Crippen LogP contribution < -0.4 is 0 Å². The number of thioether (sulfide) groups is 2. The van der Waals surface area contributed by atoms with Gasteiger partial charge in [-0.3, -0.25) is 0 Å². The summed E-state index contributed by atoms with van der Waals surface area (Å²) in [6.45, 7) is 13.1. The predicted octanol–water partition coefficient (Wildman–Crippen LogP) is 5.11. The first kappa shape index (κ1) is 22.6. The van der Waals surface area contributed by atoms with Gasteiger partial charge >= 0.3 is 0 Å². The lowest BCUT2D eigenvalue weighted by Crippen LogP contribution is -2.17. The molecule has 2 N–H and O–H groups in total. The van der Waals surface area contributed by atoms with Crippen molar-refractivity contribution in [2.75, 3.05) is 11.5 Å². The highest BCUT2D eigenvalue weighted by Crippen LogP contribution is 2.26. The van der Waals surface area contributed by atoms with Gasteiger partial charge in [0.05, 0.1) is 12.2 Å². The topological polar surface area (TPSA) is 40.5 Å². The minimum atomic E-state index is -0.169. The molecule has 0 saturated carbocycles. The molecule has 0 aliphatic rings. The molecule has 0 radical (unpaired) electrons. The average Bonchev–Trinajstić information content (AvgIpc) is 2.36. The van der Waals surface area contributed by atoms with Crippen LogP contribution in [0.1, 0.15) is 80.1 Å². The van der Waals surface area contributed by atoms with E-state index in [-0.39, 0.29) is 21.7 Å². The number of aliphatic hydroxyl groups is 2. The molecule has 0 aromatic rings. The molecule has 0 saturated heterocycles. The average molecular weight is 351 g/mol. The molecule has 0 aromatic carbocycles. The maximum atomic E-state index is 9.94. The summed E-state index contributed by atoms with van der Waals surface area (Å²) in [4.78, 5) is 0. The fourth-order valence-electron chi connectivity index (χ4n) is 1.97. The van der Waals surface area contributed by atoms with Crippen molar-refractivity contribution >= 4 is 23.5 Å². The largest absolute Gasteiger partial charge is 0.392 e. The molecule has 0 unspecified atom stereocenters. The Labute approximate surface area is 147 Å². The standard InChI is InChI=1S/C18H38O2S2/c1-17(2,3)21-13-15(19)11-9-7-8-10-12-16(20)14-22-18(4,5)6/h15-16,19-20H,7-14H2,1-6H3/t15-,16-/m0/s1. The first-order valence-electron chi connectivity index (χ1n) is 8.63. The molecule has 22 heavy (non-hydrogen) atoms. The van der Waals surface area contributed by atoms with Crippen molar-refractivity contribution in [1.29, 1.82) is 0 Å². The number of hydrogen-bond acceptors (Lipinski definition) is 4. The van der Waals surface area contributed by atoms with Gasteiger partial charge in [-0.15, -0.1) is 0 Å². The van der Waals surface area contributed by atoms with Crippen LogP contribution in [0.3, 0.4) is 0 Å². The number of hydrogen-bond donors (Lipinski definition) is 2. The van der Waals surface area contributed by atoms with E-state index < -0.39 is 0 Å². The molecule has 0 spiro atoms. The summed E-state index contributed by atoms with van der Waals surface area (Å²) in [5, 5.41) is 19.9. The van der Waals surface area contributed by atoms with E-state index in [0.29, 0.717) is 0 Å². The van der Waals surface area contributed by atoms with Crippen LogP contribution in [-0.4, -0.2) is 43.4 Å². The molecule has 0 amide bonds. The fraction of sp³-hybridized carbons (Fsp3) is 1.00. The predicted molar refractivity (Wildman–Crippen MR) is 104 cm³/mol. The summed E-state index contributed by atoms with van der Waals surface area (Å²) in [6, 6.07) is 0. The van der Waals surface area contributed by atoms with E-state index in [1.807, 2.05) is 23.5 Å². The van der Waals surface area contributed by atoms with Gasteiger partial charge in [0.25, 0.3) is 0 Å². The van der Waals surface area contributed by atoms with Crippen molar-refractivity contribution in [3.05, 3.63) is 0 Å². The highest BCUT2D eigenvalue weighted by molar-refractivity contribution is 8.00. The molecule has 134 valence electrons. The molecule has 0 aromatic heterocycles. The molecule has 2 nitrogen and oxygen atoms in total. The lowest BCUT2D eigenvalue weighted by atomic mass is 10.1. The van der Waals surface area contributed by atoms with Crippen LogP contribution in [0.2, 0.25) is 0 Å². The Bertz CT molecular complexity index is 241. The highest BCUT2D eigenvalue weighted by atomic mass is 32.2. The van der Waals surface area contributed by atoms with E-state index >= 15 is 0 Å². The van der Waals surface area contributed by atoms with Crippen LogP contribution in [0.15, 0.2) is 0 Å². The van der Waals surface area contributed by atoms with Gasteiger partial charge in [0.2, 0.25) is 0 Å². The molecule has 0 aliphatic carbocycles. The molecule has 0 rings (SSSR count). The van der Waals surface area contributed by atoms with Gasteiger partial charge in [-0.1, -0.05) is 67.2 Å². The lowest BCUT2D eigenvalue weighted by molar-refractivity contribution is 0.178. The Kier molecular flexibility index (Phi) is 11.5. The SMILES string of the molecule is CC(C)(C)SC[C@@H](O)CCCCCC[C@H](O)CSC(C)(C)C. The number of rotatable bonds is 11. The number of unbranched alkanes of at least 4 members (excludes halogenated alkanes) is 3. The lowest BCUT2D eigenvalue weighted by Gasteiger charge is -2.20. The Morgan fingerprint density at radius 1 is 0.636 bits per heavy atom. The quantitative estimate of drug-likeness (QED) is 0.508. The maximum absolute atomic E-state index is 9.94. The Hall–Kier alpha value is 0.620.